The minimum Gasteiger partial charge on any atom is -0.482 e. The summed E-state index contributed by atoms with van der Waals surface area (Å²) in [5.41, 5.74) is 5.33. The Bertz CT molecular complexity index is 472. The van der Waals surface area contributed by atoms with Crippen molar-refractivity contribution >= 4 is 23.6 Å². The lowest BCUT2D eigenvalue weighted by molar-refractivity contribution is -0.139. The van der Waals surface area contributed by atoms with Gasteiger partial charge in [-0.25, -0.2) is 9.59 Å². The highest BCUT2D eigenvalue weighted by molar-refractivity contribution is 5.91. The summed E-state index contributed by atoms with van der Waals surface area (Å²) >= 11 is 0. The predicted molar refractivity (Wildman–Crippen MR) is 65.8 cm³/mol. The van der Waals surface area contributed by atoms with Crippen LogP contribution in [0.25, 0.3) is 0 Å². The Morgan fingerprint density at radius 3 is 2.37 bits per heavy atom. The molecule has 5 N–H and O–H groups in total. The second-order valence-corrected chi connectivity index (χ2v) is 3.48. The summed E-state index contributed by atoms with van der Waals surface area (Å²) in [5.74, 6) is -1.36. The lowest BCUT2D eigenvalue weighted by atomic mass is 10.3. The van der Waals surface area contributed by atoms with Crippen LogP contribution in [0.1, 0.15) is 0 Å². The minimum absolute atomic E-state index is 0.258. The number of anilines is 1. The fraction of sp³-hybridized carbons (Fsp3) is 0.182. The van der Waals surface area contributed by atoms with E-state index in [2.05, 4.69) is 10.6 Å². The first-order chi connectivity index (χ1) is 8.97. The summed E-state index contributed by atoms with van der Waals surface area (Å²) in [6.45, 7) is -0.697. The van der Waals surface area contributed by atoms with Crippen molar-refractivity contribution in [2.45, 2.75) is 0 Å². The number of carbonyl (C=O) groups is 3. The molecule has 0 unspecified atom stereocenters. The van der Waals surface area contributed by atoms with Crippen molar-refractivity contribution in [2.75, 3.05) is 18.5 Å². The van der Waals surface area contributed by atoms with Crippen molar-refractivity contribution in [2.24, 2.45) is 5.73 Å². The van der Waals surface area contributed by atoms with Gasteiger partial charge in [-0.05, 0) is 24.3 Å². The van der Waals surface area contributed by atoms with Crippen LogP contribution < -0.4 is 21.1 Å². The van der Waals surface area contributed by atoms with Crippen molar-refractivity contribution in [3.63, 3.8) is 0 Å². The fourth-order valence-corrected chi connectivity index (χ4v) is 1.12. The first kappa shape index (κ1) is 14.3. The zero-order valence-electron chi connectivity index (χ0n) is 9.88. The predicted octanol–water partition coefficient (Wildman–Crippen LogP) is -0.243. The molecule has 0 atom stereocenters. The van der Waals surface area contributed by atoms with Gasteiger partial charge in [0.2, 0.25) is 5.91 Å². The molecule has 0 aliphatic heterocycles. The number of amides is 3. The van der Waals surface area contributed by atoms with Gasteiger partial charge < -0.3 is 26.2 Å². The lowest BCUT2D eigenvalue weighted by Crippen LogP contribution is -2.36. The summed E-state index contributed by atoms with van der Waals surface area (Å²) in [4.78, 5) is 32.0. The number of nitrogens with one attached hydrogen (secondary N) is 2. The van der Waals surface area contributed by atoms with Gasteiger partial charge in [-0.3, -0.25) is 4.79 Å². The summed E-state index contributed by atoms with van der Waals surface area (Å²) in [5, 5.41) is 13.1. The Morgan fingerprint density at radius 2 is 1.84 bits per heavy atom. The molecule has 0 aromatic heterocycles. The number of hydrogen-bond acceptors (Lipinski definition) is 4. The average Bonchev–Trinajstić information content (AvgIpc) is 2.35. The first-order valence-corrected chi connectivity index (χ1v) is 5.25. The zero-order valence-corrected chi connectivity index (χ0v) is 9.88. The number of carboxylic acids is 1. The van der Waals surface area contributed by atoms with Crippen molar-refractivity contribution in [3.05, 3.63) is 24.3 Å². The van der Waals surface area contributed by atoms with E-state index in [1.54, 1.807) is 0 Å². The number of rotatable bonds is 6. The molecule has 0 aliphatic carbocycles. The van der Waals surface area contributed by atoms with E-state index >= 15 is 0 Å². The maximum absolute atomic E-state index is 11.3. The number of carboxylic acid groups (broad SMARTS) is 1. The van der Waals surface area contributed by atoms with Gasteiger partial charge in [0, 0.05) is 5.69 Å². The maximum atomic E-state index is 11.3. The van der Waals surface area contributed by atoms with E-state index in [4.69, 9.17) is 15.6 Å². The van der Waals surface area contributed by atoms with Crippen molar-refractivity contribution in [1.29, 1.82) is 0 Å². The van der Waals surface area contributed by atoms with Crippen LogP contribution in [0.2, 0.25) is 0 Å². The number of carbonyl (C=O) groups excluding carboxylic acids is 2. The Hall–Kier alpha value is -2.77. The highest BCUT2D eigenvalue weighted by atomic mass is 16.5. The zero-order chi connectivity index (χ0) is 14.3. The Balaban J connectivity index is 2.45. The Morgan fingerprint density at radius 1 is 1.21 bits per heavy atom. The molecule has 3 amide bonds. The number of primary amides is 1. The fourth-order valence-electron chi connectivity index (χ4n) is 1.12. The van der Waals surface area contributed by atoms with E-state index in [9.17, 15) is 14.4 Å². The molecule has 0 radical (unpaired) electrons. The Kier molecular flexibility index (Phi) is 5.15. The smallest absolute Gasteiger partial charge is 0.341 e. The topological polar surface area (TPSA) is 131 Å². The summed E-state index contributed by atoms with van der Waals surface area (Å²) in [6.07, 6.45) is 0. The molecular formula is C11H13N3O5. The van der Waals surface area contributed by atoms with Crippen LogP contribution in [0, 0.1) is 0 Å². The van der Waals surface area contributed by atoms with Crippen LogP contribution in [-0.2, 0) is 9.59 Å². The second kappa shape index (κ2) is 6.84. The number of benzene rings is 1. The van der Waals surface area contributed by atoms with Gasteiger partial charge in [0.15, 0.2) is 6.61 Å². The third kappa shape index (κ3) is 5.91. The van der Waals surface area contributed by atoms with Crippen LogP contribution in [0.3, 0.4) is 0 Å². The molecule has 0 saturated carbocycles. The van der Waals surface area contributed by atoms with Crippen molar-refractivity contribution < 1.29 is 24.2 Å². The van der Waals surface area contributed by atoms with E-state index < -0.39 is 24.5 Å². The highest BCUT2D eigenvalue weighted by Gasteiger charge is 2.03. The Labute approximate surface area is 108 Å². The highest BCUT2D eigenvalue weighted by Crippen LogP contribution is 2.15. The van der Waals surface area contributed by atoms with E-state index in [1.165, 1.54) is 24.3 Å². The van der Waals surface area contributed by atoms with Crippen LogP contribution in [-0.4, -0.2) is 36.2 Å². The molecule has 0 bridgehead atoms. The SMILES string of the molecule is NC(=O)CNC(=O)Nc1ccc(OCC(=O)O)cc1. The van der Waals surface area contributed by atoms with Gasteiger partial charge in [-0.15, -0.1) is 0 Å². The molecule has 0 fully saturated rings. The molecule has 0 saturated heterocycles. The number of ether oxygens (including phenoxy) is 1. The van der Waals surface area contributed by atoms with Crippen molar-refractivity contribution in [3.8, 4) is 5.75 Å². The number of urea groups is 1. The molecule has 102 valence electrons. The van der Waals surface area contributed by atoms with E-state index in [0.717, 1.165) is 0 Å². The molecule has 0 spiro atoms. The van der Waals surface area contributed by atoms with Gasteiger partial charge in [-0.1, -0.05) is 0 Å². The largest absolute Gasteiger partial charge is 0.482 e. The first-order valence-electron chi connectivity index (χ1n) is 5.25. The van der Waals surface area contributed by atoms with Crippen LogP contribution >= 0.6 is 0 Å². The standard InChI is InChI=1S/C11H13N3O5/c12-9(15)5-13-11(18)14-7-1-3-8(4-2-7)19-6-10(16)17/h1-4H,5-6H2,(H2,12,15)(H,16,17)(H2,13,14,18). The second-order valence-electron chi connectivity index (χ2n) is 3.48. The molecule has 1 aromatic rings. The van der Waals surface area contributed by atoms with Gasteiger partial charge in [0.25, 0.3) is 0 Å². The molecule has 0 heterocycles. The van der Waals surface area contributed by atoms with Crippen LogP contribution in [0.5, 0.6) is 5.75 Å². The summed E-state index contributed by atoms with van der Waals surface area (Å²) in [6, 6.07) is 5.50. The third-order valence-corrected chi connectivity index (χ3v) is 1.90. The van der Waals surface area contributed by atoms with E-state index in [1.807, 2.05) is 0 Å². The van der Waals surface area contributed by atoms with Crippen LogP contribution in [0.4, 0.5) is 10.5 Å². The van der Waals surface area contributed by atoms with Gasteiger partial charge in [-0.2, -0.15) is 0 Å². The average molecular weight is 267 g/mol. The number of nitrogens with two attached hydrogens (primary N) is 1. The van der Waals surface area contributed by atoms with Gasteiger partial charge >= 0.3 is 12.0 Å². The summed E-state index contributed by atoms with van der Waals surface area (Å²) in [7, 11) is 0. The molecule has 19 heavy (non-hydrogen) atoms. The molecule has 8 heteroatoms. The minimum atomic E-state index is -1.08. The normalized spacial score (nSPS) is 9.47. The van der Waals surface area contributed by atoms with Gasteiger partial charge in [0.05, 0.1) is 6.54 Å². The maximum Gasteiger partial charge on any atom is 0.341 e. The molecule has 8 nitrogen and oxygen atoms in total. The summed E-state index contributed by atoms with van der Waals surface area (Å²) < 4.78 is 4.92. The number of hydrogen-bond donors (Lipinski definition) is 4. The third-order valence-electron chi connectivity index (χ3n) is 1.90. The van der Waals surface area contributed by atoms with E-state index in [-0.39, 0.29) is 6.54 Å². The van der Waals surface area contributed by atoms with E-state index in [0.29, 0.717) is 11.4 Å². The monoisotopic (exact) mass is 267 g/mol. The quantitative estimate of drug-likeness (QED) is 0.564. The lowest BCUT2D eigenvalue weighted by Gasteiger charge is -2.07. The molecular weight excluding hydrogens is 254 g/mol. The molecule has 1 aromatic carbocycles. The molecule has 0 aliphatic rings. The van der Waals surface area contributed by atoms with Gasteiger partial charge in [0.1, 0.15) is 5.75 Å². The molecule has 1 rings (SSSR count). The number of aliphatic carboxylic acids is 1. The van der Waals surface area contributed by atoms with Crippen molar-refractivity contribution in [1.82, 2.24) is 5.32 Å². The van der Waals surface area contributed by atoms with Crippen LogP contribution in [0.15, 0.2) is 24.3 Å².